The van der Waals surface area contributed by atoms with Crippen LogP contribution in [-0.2, 0) is 0 Å². The van der Waals surface area contributed by atoms with E-state index in [2.05, 4.69) is 0 Å². The van der Waals surface area contributed by atoms with E-state index in [1.807, 2.05) is 13.8 Å². The van der Waals surface area contributed by atoms with Gasteiger partial charge in [0.25, 0.3) is 0 Å². The highest BCUT2D eigenvalue weighted by atomic mass is 35.5. The summed E-state index contributed by atoms with van der Waals surface area (Å²) >= 11 is 0. The number of nitrogen functional groups attached to an aromatic ring is 1. The van der Waals surface area contributed by atoms with Gasteiger partial charge in [0.1, 0.15) is 0 Å². The van der Waals surface area contributed by atoms with E-state index in [9.17, 15) is 4.79 Å². The smallest absolute Gasteiger partial charge is 0.176 e. The number of nitrogens with two attached hydrogens (primary N) is 2. The third-order valence-corrected chi connectivity index (χ3v) is 2.10. The molecule has 0 heterocycles. The molecule has 78 valence electrons. The van der Waals surface area contributed by atoms with E-state index >= 15 is 0 Å². The molecule has 1 aromatic carbocycles. The molecule has 0 atom stereocenters. The van der Waals surface area contributed by atoms with Gasteiger partial charge in [-0.3, -0.25) is 4.79 Å². The van der Waals surface area contributed by atoms with Crippen molar-refractivity contribution in [2.45, 2.75) is 13.8 Å². The second-order valence-corrected chi connectivity index (χ2v) is 3.15. The largest absolute Gasteiger partial charge is 0.399 e. The Hall–Kier alpha value is -1.06. The van der Waals surface area contributed by atoms with E-state index in [0.29, 0.717) is 11.3 Å². The summed E-state index contributed by atoms with van der Waals surface area (Å²) in [7, 11) is 0. The first-order valence-corrected chi connectivity index (χ1v) is 4.16. The fourth-order valence-electron chi connectivity index (χ4n) is 1.25. The molecule has 0 aliphatic heterocycles. The average Bonchev–Trinajstić information content (AvgIpc) is 2.10. The molecule has 14 heavy (non-hydrogen) atoms. The fourth-order valence-corrected chi connectivity index (χ4v) is 1.25. The fraction of sp³-hybridized carbons (Fsp3) is 0.300. The second-order valence-electron chi connectivity index (χ2n) is 3.15. The van der Waals surface area contributed by atoms with Crippen molar-refractivity contribution in [2.24, 2.45) is 5.73 Å². The van der Waals surface area contributed by atoms with Crippen LogP contribution in [0.2, 0.25) is 0 Å². The van der Waals surface area contributed by atoms with Crippen molar-refractivity contribution in [3.8, 4) is 0 Å². The molecule has 1 aromatic rings. The summed E-state index contributed by atoms with van der Waals surface area (Å²) in [4.78, 5) is 11.3. The van der Waals surface area contributed by atoms with Gasteiger partial charge in [-0.2, -0.15) is 0 Å². The number of hydrogen-bond acceptors (Lipinski definition) is 3. The van der Waals surface area contributed by atoms with Crippen LogP contribution < -0.4 is 11.5 Å². The zero-order chi connectivity index (χ0) is 10.0. The van der Waals surface area contributed by atoms with Crippen molar-refractivity contribution < 1.29 is 4.79 Å². The average molecular weight is 215 g/mol. The van der Waals surface area contributed by atoms with Crippen LogP contribution in [0.25, 0.3) is 0 Å². The van der Waals surface area contributed by atoms with Gasteiger partial charge < -0.3 is 11.5 Å². The van der Waals surface area contributed by atoms with Gasteiger partial charge >= 0.3 is 0 Å². The topological polar surface area (TPSA) is 69.1 Å². The van der Waals surface area contributed by atoms with Crippen molar-refractivity contribution in [2.75, 3.05) is 12.3 Å². The quantitative estimate of drug-likeness (QED) is 0.578. The van der Waals surface area contributed by atoms with Crippen molar-refractivity contribution in [3.05, 3.63) is 28.8 Å². The number of carbonyl (C=O) groups is 1. The number of halogens is 1. The maximum Gasteiger partial charge on any atom is 0.176 e. The third kappa shape index (κ3) is 2.47. The number of rotatable bonds is 2. The Balaban J connectivity index is 0.00000169. The molecule has 3 nitrogen and oxygen atoms in total. The number of Topliss-reactive ketones (excluding diaryl/α,β-unsaturated/α-hetero) is 1. The highest BCUT2D eigenvalue weighted by molar-refractivity contribution is 5.99. The second kappa shape index (κ2) is 4.98. The molecule has 0 unspecified atom stereocenters. The van der Waals surface area contributed by atoms with E-state index in [4.69, 9.17) is 11.5 Å². The van der Waals surface area contributed by atoms with Crippen LogP contribution in [0.4, 0.5) is 5.69 Å². The minimum absolute atomic E-state index is 0. The summed E-state index contributed by atoms with van der Waals surface area (Å²) in [6.45, 7) is 3.78. The minimum atomic E-state index is -0.0411. The van der Waals surface area contributed by atoms with Crippen LogP contribution in [0, 0.1) is 13.8 Å². The van der Waals surface area contributed by atoms with Crippen molar-refractivity contribution in [1.29, 1.82) is 0 Å². The summed E-state index contributed by atoms with van der Waals surface area (Å²) < 4.78 is 0. The Morgan fingerprint density at radius 2 is 1.86 bits per heavy atom. The van der Waals surface area contributed by atoms with Gasteiger partial charge in [0.2, 0.25) is 0 Å². The van der Waals surface area contributed by atoms with Crippen LogP contribution in [-0.4, -0.2) is 12.3 Å². The normalized spacial score (nSPS) is 9.36. The summed E-state index contributed by atoms with van der Waals surface area (Å²) in [5.41, 5.74) is 14.2. The molecule has 0 aromatic heterocycles. The van der Waals surface area contributed by atoms with Gasteiger partial charge in [-0.15, -0.1) is 12.4 Å². The summed E-state index contributed by atoms with van der Waals surface area (Å²) in [6, 6.07) is 3.60. The molecule has 4 heteroatoms. The first kappa shape index (κ1) is 12.9. The molecule has 0 radical (unpaired) electrons. The Morgan fingerprint density at radius 1 is 1.29 bits per heavy atom. The molecule has 0 amide bonds. The molecular formula is C10H15ClN2O. The molecule has 0 aliphatic carbocycles. The number of aryl methyl sites for hydroxylation is 2. The van der Waals surface area contributed by atoms with Gasteiger partial charge in [-0.05, 0) is 37.1 Å². The summed E-state index contributed by atoms with van der Waals surface area (Å²) in [5.74, 6) is -0.0411. The van der Waals surface area contributed by atoms with Gasteiger partial charge in [0.05, 0.1) is 6.54 Å². The van der Waals surface area contributed by atoms with Crippen molar-refractivity contribution >= 4 is 23.9 Å². The summed E-state index contributed by atoms with van der Waals surface area (Å²) in [6.07, 6.45) is 0. The zero-order valence-electron chi connectivity index (χ0n) is 8.33. The SMILES string of the molecule is Cc1cc(C(=O)CN)c(C)cc1N.Cl. The number of benzene rings is 1. The lowest BCUT2D eigenvalue weighted by atomic mass is 10.0. The monoisotopic (exact) mass is 214 g/mol. The van der Waals surface area contributed by atoms with Crippen LogP contribution in [0.15, 0.2) is 12.1 Å². The first-order valence-electron chi connectivity index (χ1n) is 4.16. The molecule has 0 fully saturated rings. The summed E-state index contributed by atoms with van der Waals surface area (Å²) in [5, 5.41) is 0. The van der Waals surface area contributed by atoms with Gasteiger partial charge in [-0.1, -0.05) is 0 Å². The molecule has 4 N–H and O–H groups in total. The number of carbonyl (C=O) groups excluding carboxylic acids is 1. The molecular weight excluding hydrogens is 200 g/mol. The van der Waals surface area contributed by atoms with Crippen LogP contribution in [0.3, 0.4) is 0 Å². The van der Waals surface area contributed by atoms with E-state index in [1.54, 1.807) is 12.1 Å². The highest BCUT2D eigenvalue weighted by Gasteiger charge is 2.08. The lowest BCUT2D eigenvalue weighted by molar-refractivity contribution is 0.100. The van der Waals surface area contributed by atoms with E-state index < -0.39 is 0 Å². The third-order valence-electron chi connectivity index (χ3n) is 2.10. The van der Waals surface area contributed by atoms with Gasteiger partial charge in [0, 0.05) is 11.3 Å². The first-order chi connectivity index (χ1) is 6.06. The standard InChI is InChI=1S/C10H14N2O.ClH/c1-6-4-9(12)7(2)3-8(6)10(13)5-11;/h3-4H,5,11-12H2,1-2H3;1H. The number of anilines is 1. The Bertz CT molecular complexity index is 350. The molecule has 0 spiro atoms. The molecule has 0 bridgehead atoms. The van der Waals surface area contributed by atoms with E-state index in [1.165, 1.54) is 0 Å². The van der Waals surface area contributed by atoms with Gasteiger partial charge in [-0.25, -0.2) is 0 Å². The van der Waals surface area contributed by atoms with Crippen LogP contribution >= 0.6 is 12.4 Å². The zero-order valence-corrected chi connectivity index (χ0v) is 9.15. The maximum atomic E-state index is 11.3. The lowest BCUT2D eigenvalue weighted by Gasteiger charge is -2.07. The Kier molecular flexibility index (Phi) is 4.60. The molecule has 0 saturated heterocycles. The van der Waals surface area contributed by atoms with Crippen molar-refractivity contribution in [1.82, 2.24) is 0 Å². The minimum Gasteiger partial charge on any atom is -0.399 e. The van der Waals surface area contributed by atoms with E-state index in [0.717, 1.165) is 11.1 Å². The Morgan fingerprint density at radius 3 is 2.36 bits per heavy atom. The van der Waals surface area contributed by atoms with Crippen LogP contribution in [0.1, 0.15) is 21.5 Å². The number of ketones is 1. The predicted molar refractivity (Wildman–Crippen MR) is 61.0 cm³/mol. The van der Waals surface area contributed by atoms with Crippen LogP contribution in [0.5, 0.6) is 0 Å². The Labute approximate surface area is 89.9 Å². The molecule has 0 saturated carbocycles. The molecule has 1 rings (SSSR count). The van der Waals surface area contributed by atoms with E-state index in [-0.39, 0.29) is 24.7 Å². The molecule has 0 aliphatic rings. The predicted octanol–water partition coefficient (Wildman–Crippen LogP) is 1.45. The number of hydrogen-bond donors (Lipinski definition) is 2. The highest BCUT2D eigenvalue weighted by Crippen LogP contribution is 2.17. The van der Waals surface area contributed by atoms with Crippen molar-refractivity contribution in [3.63, 3.8) is 0 Å². The maximum absolute atomic E-state index is 11.3. The lowest BCUT2D eigenvalue weighted by Crippen LogP contribution is -2.15. The van der Waals surface area contributed by atoms with Gasteiger partial charge in [0.15, 0.2) is 5.78 Å².